The zero-order valence-corrected chi connectivity index (χ0v) is 19.7. The van der Waals surface area contributed by atoms with E-state index in [1.54, 1.807) is 0 Å². The molecule has 0 atom stereocenters. The number of rotatable bonds is 9. The zero-order chi connectivity index (χ0) is 23.0. The normalized spacial score (nSPS) is 15.1. The lowest BCUT2D eigenvalue weighted by Crippen LogP contribution is -2.45. The highest BCUT2D eigenvalue weighted by molar-refractivity contribution is 5.88. The highest BCUT2D eigenvalue weighted by atomic mass is 15.3. The molecule has 0 radical (unpaired) electrons. The number of nitrogens with zero attached hydrogens (tertiary/aromatic N) is 6. The van der Waals surface area contributed by atoms with Gasteiger partial charge in [-0.2, -0.15) is 5.26 Å². The molecule has 1 aliphatic rings. The summed E-state index contributed by atoms with van der Waals surface area (Å²) >= 11 is 0. The van der Waals surface area contributed by atoms with E-state index in [1.165, 1.54) is 5.56 Å². The van der Waals surface area contributed by atoms with Gasteiger partial charge in [0.15, 0.2) is 0 Å². The van der Waals surface area contributed by atoms with Gasteiger partial charge in [-0.3, -0.25) is 9.80 Å². The van der Waals surface area contributed by atoms with E-state index in [2.05, 4.69) is 64.4 Å². The fraction of sp³-hybridized carbons (Fsp3) is 0.423. The van der Waals surface area contributed by atoms with Gasteiger partial charge in [0.2, 0.25) is 0 Å². The van der Waals surface area contributed by atoms with Crippen molar-refractivity contribution in [2.45, 2.75) is 19.5 Å². The molecule has 172 valence electrons. The lowest BCUT2D eigenvalue weighted by Gasteiger charge is -2.34. The largest absolute Gasteiger partial charge is 0.369 e. The number of hydrogen-bond donors (Lipinski definition) is 1. The fourth-order valence-electron chi connectivity index (χ4n) is 4.18. The Morgan fingerprint density at radius 1 is 0.939 bits per heavy atom. The summed E-state index contributed by atoms with van der Waals surface area (Å²) in [4.78, 5) is 16.9. The van der Waals surface area contributed by atoms with E-state index >= 15 is 0 Å². The Morgan fingerprint density at radius 2 is 1.64 bits per heavy atom. The molecule has 1 fully saturated rings. The van der Waals surface area contributed by atoms with Crippen molar-refractivity contribution in [2.75, 3.05) is 58.7 Å². The van der Waals surface area contributed by atoms with Crippen molar-refractivity contribution in [2.24, 2.45) is 0 Å². The van der Waals surface area contributed by atoms with Crippen LogP contribution in [0.2, 0.25) is 0 Å². The average molecular weight is 444 g/mol. The maximum atomic E-state index is 8.97. The molecule has 0 saturated carbocycles. The van der Waals surface area contributed by atoms with Crippen molar-refractivity contribution < 1.29 is 0 Å². The Hall–Kier alpha value is -3.05. The van der Waals surface area contributed by atoms with Crippen LogP contribution in [0.4, 0.5) is 5.82 Å². The van der Waals surface area contributed by atoms with Crippen LogP contribution in [0.5, 0.6) is 0 Å². The molecule has 0 spiro atoms. The van der Waals surface area contributed by atoms with E-state index in [1.807, 2.05) is 24.3 Å². The summed E-state index contributed by atoms with van der Waals surface area (Å²) in [6.07, 6.45) is 1.07. The van der Waals surface area contributed by atoms with Gasteiger partial charge in [0.1, 0.15) is 11.6 Å². The predicted molar refractivity (Wildman–Crippen MR) is 133 cm³/mol. The molecule has 1 aromatic heterocycles. The summed E-state index contributed by atoms with van der Waals surface area (Å²) < 4.78 is 0. The summed E-state index contributed by atoms with van der Waals surface area (Å²) in [5.74, 6) is 1.82. The Morgan fingerprint density at radius 3 is 2.33 bits per heavy atom. The number of anilines is 1. The number of nitriles is 1. The molecule has 7 heteroatoms. The first-order chi connectivity index (χ1) is 16.1. The van der Waals surface area contributed by atoms with Crippen molar-refractivity contribution in [3.05, 3.63) is 65.5 Å². The fourth-order valence-corrected chi connectivity index (χ4v) is 4.18. The quantitative estimate of drug-likeness (QED) is 0.509. The van der Waals surface area contributed by atoms with Crippen LogP contribution in [0.15, 0.2) is 48.5 Å². The minimum absolute atomic E-state index is 0.713. The Kier molecular flexibility index (Phi) is 7.84. The van der Waals surface area contributed by atoms with Crippen LogP contribution < -0.4 is 5.32 Å². The second-order valence-corrected chi connectivity index (χ2v) is 8.95. The van der Waals surface area contributed by atoms with Crippen LogP contribution in [0.3, 0.4) is 0 Å². The summed E-state index contributed by atoms with van der Waals surface area (Å²) in [6.45, 7) is 7.67. The highest BCUT2D eigenvalue weighted by Gasteiger charge is 2.19. The van der Waals surface area contributed by atoms with Gasteiger partial charge in [-0.05, 0) is 56.9 Å². The summed E-state index contributed by atoms with van der Waals surface area (Å²) in [7, 11) is 4.20. The zero-order valence-electron chi connectivity index (χ0n) is 19.7. The van der Waals surface area contributed by atoms with E-state index in [0.717, 1.165) is 81.3 Å². The van der Waals surface area contributed by atoms with Crippen LogP contribution in [-0.2, 0) is 13.1 Å². The van der Waals surface area contributed by atoms with Gasteiger partial charge in [-0.25, -0.2) is 9.97 Å². The number of benzene rings is 2. The summed E-state index contributed by atoms with van der Waals surface area (Å²) in [6, 6.07) is 18.3. The van der Waals surface area contributed by atoms with Crippen molar-refractivity contribution in [3.8, 4) is 6.07 Å². The first-order valence-electron chi connectivity index (χ1n) is 11.7. The number of aromatic nitrogens is 2. The number of fused-ring (bicyclic) bond motifs is 1. The van der Waals surface area contributed by atoms with Crippen molar-refractivity contribution in [3.63, 3.8) is 0 Å². The first-order valence-corrected chi connectivity index (χ1v) is 11.7. The number of hydrogen-bond acceptors (Lipinski definition) is 7. The number of nitrogens with one attached hydrogen (secondary N) is 1. The molecule has 2 heterocycles. The van der Waals surface area contributed by atoms with Crippen molar-refractivity contribution in [1.29, 1.82) is 5.26 Å². The lowest BCUT2D eigenvalue weighted by atomic mass is 10.1. The van der Waals surface area contributed by atoms with Crippen molar-refractivity contribution >= 4 is 16.7 Å². The van der Waals surface area contributed by atoms with Gasteiger partial charge < -0.3 is 10.2 Å². The monoisotopic (exact) mass is 443 g/mol. The van der Waals surface area contributed by atoms with Crippen LogP contribution in [0, 0.1) is 11.3 Å². The first kappa shape index (κ1) is 23.1. The van der Waals surface area contributed by atoms with Gasteiger partial charge in [0.05, 0.1) is 23.7 Å². The van der Waals surface area contributed by atoms with Gasteiger partial charge >= 0.3 is 0 Å². The maximum Gasteiger partial charge on any atom is 0.145 e. The third kappa shape index (κ3) is 6.48. The average Bonchev–Trinajstić information content (AvgIpc) is 2.83. The van der Waals surface area contributed by atoms with Gasteiger partial charge in [0, 0.05) is 44.7 Å². The lowest BCUT2D eigenvalue weighted by molar-refractivity contribution is 0.120. The summed E-state index contributed by atoms with van der Waals surface area (Å²) in [5, 5.41) is 13.6. The Bertz CT molecular complexity index is 1080. The van der Waals surface area contributed by atoms with E-state index in [4.69, 9.17) is 15.2 Å². The molecule has 0 aliphatic carbocycles. The molecule has 1 aliphatic heterocycles. The Balaban J connectivity index is 1.35. The maximum absolute atomic E-state index is 8.97. The molecule has 0 amide bonds. The van der Waals surface area contributed by atoms with E-state index in [9.17, 15) is 0 Å². The molecule has 33 heavy (non-hydrogen) atoms. The second-order valence-electron chi connectivity index (χ2n) is 8.95. The summed E-state index contributed by atoms with van der Waals surface area (Å²) in [5.41, 5.74) is 2.97. The standard InChI is InChI=1S/C26H33N7/c1-31(2)13-5-12-28-26-23-6-3-4-7-24(23)29-25(30-26)20-33-16-14-32(15-17-33)19-22-10-8-21(18-27)9-11-22/h3-4,6-11H,5,12-17,19-20H2,1-2H3,(H,28,29,30). The minimum Gasteiger partial charge on any atom is -0.369 e. The van der Waals surface area contributed by atoms with Crippen LogP contribution >= 0.6 is 0 Å². The third-order valence-electron chi connectivity index (χ3n) is 6.04. The van der Waals surface area contributed by atoms with Gasteiger partial charge in [-0.1, -0.05) is 24.3 Å². The molecule has 0 bridgehead atoms. The SMILES string of the molecule is CN(C)CCCNc1nc(CN2CCN(Cc3ccc(C#N)cc3)CC2)nc2ccccc12. The molecular weight excluding hydrogens is 410 g/mol. The minimum atomic E-state index is 0.713. The molecule has 1 saturated heterocycles. The Labute approximate surface area is 196 Å². The van der Waals surface area contributed by atoms with Crippen LogP contribution in [0.1, 0.15) is 23.4 Å². The number of para-hydroxylation sites is 1. The molecular formula is C26H33N7. The molecule has 1 N–H and O–H groups in total. The molecule has 3 aromatic rings. The molecule has 4 rings (SSSR count). The van der Waals surface area contributed by atoms with Gasteiger partial charge in [-0.15, -0.1) is 0 Å². The van der Waals surface area contributed by atoms with E-state index in [-0.39, 0.29) is 0 Å². The van der Waals surface area contributed by atoms with E-state index in [0.29, 0.717) is 5.56 Å². The topological polar surface area (TPSA) is 71.3 Å². The van der Waals surface area contributed by atoms with Crippen LogP contribution in [-0.4, -0.2) is 78.0 Å². The predicted octanol–water partition coefficient (Wildman–Crippen LogP) is 3.18. The van der Waals surface area contributed by atoms with Crippen LogP contribution in [0.25, 0.3) is 10.9 Å². The molecule has 2 aromatic carbocycles. The highest BCUT2D eigenvalue weighted by Crippen LogP contribution is 2.21. The van der Waals surface area contributed by atoms with E-state index < -0.39 is 0 Å². The molecule has 7 nitrogen and oxygen atoms in total. The number of piperazine rings is 1. The third-order valence-corrected chi connectivity index (χ3v) is 6.04. The second kappa shape index (κ2) is 11.2. The smallest absolute Gasteiger partial charge is 0.145 e. The van der Waals surface area contributed by atoms with Crippen molar-refractivity contribution in [1.82, 2.24) is 24.7 Å². The van der Waals surface area contributed by atoms with Gasteiger partial charge in [0.25, 0.3) is 0 Å². The molecule has 0 unspecified atom stereocenters.